The Morgan fingerprint density at radius 1 is 0.415 bits per heavy atom. The number of carbonyl (C=O) groups excluding carboxylic acids is 9. The summed E-state index contributed by atoms with van der Waals surface area (Å²) in [6, 6.07) is 18.9. The number of likely N-dealkylation sites (N-methyl/N-ethyl adjacent to an activating group) is 1. The molecule has 0 aliphatic carbocycles. The number of carbonyl (C=O) groups is 9. The molecule has 2 rings (SSSR count). The summed E-state index contributed by atoms with van der Waals surface area (Å²) in [7, 11) is 1.89. The Balaban J connectivity index is 0.00000127. The smallest absolute Gasteiger partial charge is 0.242 e. The molecule has 0 aliphatic heterocycles. The molecule has 0 aromatic heterocycles. The van der Waals surface area contributed by atoms with Crippen LogP contribution in [0, 0.1) is 0 Å². The molecule has 0 aliphatic rings. The summed E-state index contributed by atoms with van der Waals surface area (Å²) in [4.78, 5) is 124. The zero-order valence-corrected chi connectivity index (χ0v) is 50.3. The molecule has 12 N–H and O–H groups in total. The van der Waals surface area contributed by atoms with Crippen LogP contribution in [0.2, 0.25) is 0 Å². The van der Waals surface area contributed by atoms with Crippen LogP contribution in [0.4, 0.5) is 0 Å². The molecule has 0 radical (unpaired) electrons. The van der Waals surface area contributed by atoms with Gasteiger partial charge in [-0.2, -0.15) is 12.6 Å². The SMILES string of the molecule is CC(=O)CN(Cc1ccccc1)C(=O)CN(CCCCN)C(=O)CN(CCCCN)C(=O)CN(CCCCN)C(=O)CCCCCNC(=O)CCCCCNC(=O)CCS.CN(CCCCN)CC(=O)N(CC(N)=O)Cc1ccccc1. The standard InChI is InChI=1S/C43H75N9O7S.C16H26N4O2/c1-36(53)31-52(32-37-17-5-2-6-18-37)43(59)35-51(29-16-11-24-46)42(58)34-50(28-15-10-23-45)41(57)33-49(27-14-9-22-44)40(56)20-8-4-13-25-47-38(54)19-7-3-12-26-48-39(55)21-30-60;1-19(10-6-5-9-17)13-16(22)20(12-15(18)21)11-14-7-3-2-4-8-14/h2,5-6,17-18,60H,3-4,7-16,19-35,44-46H2,1H3,(H,47,54)(H,48,55);2-4,7-8H,5-6,9-13,17H2,1H3,(H2,18,21). The molecule has 0 saturated heterocycles. The van der Waals surface area contributed by atoms with Crippen LogP contribution in [0.15, 0.2) is 60.7 Å². The van der Waals surface area contributed by atoms with E-state index < -0.39 is 11.8 Å². The number of nitrogens with one attached hydrogen (secondary N) is 2. The molecule has 0 saturated carbocycles. The summed E-state index contributed by atoms with van der Waals surface area (Å²) in [6.07, 6.45) is 11.0. The number of rotatable bonds is 46. The van der Waals surface area contributed by atoms with Crippen LogP contribution in [-0.2, 0) is 56.2 Å². The predicted molar refractivity (Wildman–Crippen MR) is 325 cm³/mol. The van der Waals surface area contributed by atoms with Crippen molar-refractivity contribution >= 4 is 65.7 Å². The number of unbranched alkanes of at least 4 members (excludes halogenated alkanes) is 8. The number of ketones is 1. The van der Waals surface area contributed by atoms with Crippen LogP contribution in [0.5, 0.6) is 0 Å². The Morgan fingerprint density at radius 2 is 0.793 bits per heavy atom. The predicted octanol–water partition coefficient (Wildman–Crippen LogP) is 2.15. The molecule has 82 heavy (non-hydrogen) atoms. The van der Waals surface area contributed by atoms with Gasteiger partial charge in [0, 0.05) is 65.1 Å². The fourth-order valence-corrected chi connectivity index (χ4v) is 8.73. The van der Waals surface area contributed by atoms with Crippen molar-refractivity contribution in [2.45, 2.75) is 129 Å². The molecule has 2 aromatic rings. The van der Waals surface area contributed by atoms with Crippen molar-refractivity contribution in [2.75, 3.05) is 118 Å². The molecule has 0 bridgehead atoms. The van der Waals surface area contributed by atoms with Crippen LogP contribution >= 0.6 is 12.6 Å². The molecular formula is C59H101N13O9S. The molecule has 0 unspecified atom stereocenters. The van der Waals surface area contributed by atoms with E-state index in [0.717, 1.165) is 56.2 Å². The minimum Gasteiger partial charge on any atom is -0.368 e. The summed E-state index contributed by atoms with van der Waals surface area (Å²) in [5.74, 6) is -1.65. The molecule has 8 amide bonds. The average Bonchev–Trinajstić information content (AvgIpc) is 3.45. The van der Waals surface area contributed by atoms with E-state index >= 15 is 0 Å². The van der Waals surface area contributed by atoms with Gasteiger partial charge in [0.25, 0.3) is 0 Å². The molecular weight excluding hydrogens is 1070 g/mol. The van der Waals surface area contributed by atoms with Crippen molar-refractivity contribution in [1.82, 2.24) is 40.0 Å². The van der Waals surface area contributed by atoms with E-state index in [1.807, 2.05) is 72.6 Å². The van der Waals surface area contributed by atoms with Crippen molar-refractivity contribution in [3.05, 3.63) is 71.8 Å². The van der Waals surface area contributed by atoms with Gasteiger partial charge in [-0.15, -0.1) is 0 Å². The zero-order chi connectivity index (χ0) is 60.8. The van der Waals surface area contributed by atoms with E-state index in [1.54, 1.807) is 0 Å². The first-order valence-electron chi connectivity index (χ1n) is 29.4. The van der Waals surface area contributed by atoms with Gasteiger partial charge in [0.2, 0.25) is 47.3 Å². The first kappa shape index (κ1) is 74.0. The van der Waals surface area contributed by atoms with Crippen LogP contribution in [0.1, 0.15) is 127 Å². The molecule has 22 nitrogen and oxygen atoms in total. The monoisotopic (exact) mass is 1170 g/mol. The van der Waals surface area contributed by atoms with Gasteiger partial charge in [0.05, 0.1) is 39.3 Å². The summed E-state index contributed by atoms with van der Waals surface area (Å²) in [6.45, 7) is 6.05. The number of hydrogen-bond donors (Lipinski definition) is 8. The maximum absolute atomic E-state index is 14.0. The molecule has 0 heterocycles. The molecule has 0 spiro atoms. The normalized spacial score (nSPS) is 10.8. The number of nitrogens with zero attached hydrogens (tertiary/aromatic N) is 6. The second kappa shape index (κ2) is 47.5. The first-order chi connectivity index (χ1) is 39.5. The summed E-state index contributed by atoms with van der Waals surface area (Å²) in [5.41, 5.74) is 29.8. The fourth-order valence-electron chi connectivity index (χ4n) is 8.53. The number of hydrogen-bond acceptors (Lipinski definition) is 15. The number of thiol groups is 1. The van der Waals surface area contributed by atoms with E-state index in [-0.39, 0.29) is 107 Å². The third-order valence-corrected chi connectivity index (χ3v) is 13.3. The Bertz CT molecular complexity index is 2130. The zero-order valence-electron chi connectivity index (χ0n) is 49.4. The Morgan fingerprint density at radius 3 is 1.21 bits per heavy atom. The van der Waals surface area contributed by atoms with Gasteiger partial charge >= 0.3 is 0 Å². The highest BCUT2D eigenvalue weighted by Gasteiger charge is 2.27. The van der Waals surface area contributed by atoms with Crippen LogP contribution in [0.25, 0.3) is 0 Å². The lowest BCUT2D eigenvalue weighted by atomic mass is 10.1. The highest BCUT2D eigenvalue weighted by molar-refractivity contribution is 7.80. The Kier molecular flexibility index (Phi) is 42.9. The second-order valence-electron chi connectivity index (χ2n) is 20.6. The lowest BCUT2D eigenvalue weighted by molar-refractivity contribution is -0.146. The van der Waals surface area contributed by atoms with Gasteiger partial charge in [-0.1, -0.05) is 73.5 Å². The van der Waals surface area contributed by atoms with Gasteiger partial charge in [-0.05, 0) is 141 Å². The molecule has 462 valence electrons. The number of primary amides is 1. The van der Waals surface area contributed by atoms with E-state index in [4.69, 9.17) is 28.7 Å². The quantitative estimate of drug-likeness (QED) is 0.0348. The van der Waals surface area contributed by atoms with E-state index in [0.29, 0.717) is 122 Å². The van der Waals surface area contributed by atoms with Crippen LogP contribution < -0.4 is 39.3 Å². The van der Waals surface area contributed by atoms with Crippen molar-refractivity contribution < 1.29 is 43.2 Å². The third-order valence-electron chi connectivity index (χ3n) is 13.1. The largest absolute Gasteiger partial charge is 0.368 e. The second-order valence-corrected chi connectivity index (χ2v) is 21.0. The fraction of sp³-hybridized carbons (Fsp3) is 0.644. The highest BCUT2D eigenvalue weighted by Crippen LogP contribution is 2.12. The molecule has 0 fully saturated rings. The van der Waals surface area contributed by atoms with Gasteiger partial charge in [0.15, 0.2) is 0 Å². The number of benzene rings is 2. The number of Topliss-reactive ketones (excluding diaryl/α,β-unsaturated/α-hetero) is 1. The number of amides is 8. The van der Waals surface area contributed by atoms with E-state index in [2.05, 4.69) is 23.3 Å². The number of nitrogens with two attached hydrogens (primary N) is 5. The molecule has 0 atom stereocenters. The topological polar surface area (TPSA) is 327 Å². The minimum atomic E-state index is -0.505. The minimum absolute atomic E-state index is 0.0125. The van der Waals surface area contributed by atoms with Gasteiger partial charge in [-0.25, -0.2) is 0 Å². The maximum atomic E-state index is 14.0. The van der Waals surface area contributed by atoms with Crippen molar-refractivity contribution in [1.29, 1.82) is 0 Å². The Hall–Kier alpha value is -5.98. The van der Waals surface area contributed by atoms with Crippen molar-refractivity contribution in [3.63, 3.8) is 0 Å². The highest BCUT2D eigenvalue weighted by atomic mass is 32.1. The van der Waals surface area contributed by atoms with Crippen molar-refractivity contribution in [2.24, 2.45) is 28.7 Å². The summed E-state index contributed by atoms with van der Waals surface area (Å²) < 4.78 is 0. The first-order valence-corrected chi connectivity index (χ1v) is 30.0. The molecule has 23 heteroatoms. The van der Waals surface area contributed by atoms with E-state index in [9.17, 15) is 43.2 Å². The summed E-state index contributed by atoms with van der Waals surface area (Å²) >= 11 is 4.05. The van der Waals surface area contributed by atoms with Crippen LogP contribution in [-0.4, -0.2) is 200 Å². The van der Waals surface area contributed by atoms with Gasteiger partial charge < -0.3 is 63.8 Å². The maximum Gasteiger partial charge on any atom is 0.242 e. The Labute approximate surface area is 494 Å². The van der Waals surface area contributed by atoms with Crippen molar-refractivity contribution in [3.8, 4) is 0 Å². The average molecular weight is 1170 g/mol. The lowest BCUT2D eigenvalue weighted by Gasteiger charge is -2.31. The summed E-state index contributed by atoms with van der Waals surface area (Å²) in [5, 5.41) is 5.76. The van der Waals surface area contributed by atoms with E-state index in [1.165, 1.54) is 31.4 Å². The third kappa shape index (κ3) is 37.2. The van der Waals surface area contributed by atoms with Gasteiger partial charge in [0.1, 0.15) is 5.78 Å². The lowest BCUT2D eigenvalue weighted by Crippen LogP contribution is -2.50. The van der Waals surface area contributed by atoms with Crippen LogP contribution in [0.3, 0.4) is 0 Å². The molecule has 2 aromatic carbocycles. The van der Waals surface area contributed by atoms with Gasteiger partial charge in [-0.3, -0.25) is 48.1 Å².